The van der Waals surface area contributed by atoms with Crippen LogP contribution in [0.15, 0.2) is 23.8 Å². The first-order chi connectivity index (χ1) is 7.88. The van der Waals surface area contributed by atoms with Gasteiger partial charge in [-0.3, -0.25) is 4.40 Å². The molecule has 0 aliphatic rings. The maximum atomic E-state index is 5.52. The van der Waals surface area contributed by atoms with Gasteiger partial charge in [-0.05, 0) is 6.07 Å². The SMILES string of the molecule is NCc1nc(-c2nnc3ncccn23)cs1. The molecule has 0 radical (unpaired) electrons. The quantitative estimate of drug-likeness (QED) is 0.703. The van der Waals surface area contributed by atoms with Crippen LogP contribution in [0.3, 0.4) is 0 Å². The van der Waals surface area contributed by atoms with Crippen molar-refractivity contribution < 1.29 is 0 Å². The molecule has 3 aromatic rings. The second-order valence-electron chi connectivity index (χ2n) is 3.14. The molecule has 0 spiro atoms. The first kappa shape index (κ1) is 9.37. The largest absolute Gasteiger partial charge is 0.325 e. The van der Waals surface area contributed by atoms with E-state index in [0.29, 0.717) is 18.1 Å². The molecule has 0 amide bonds. The normalized spacial score (nSPS) is 11.1. The van der Waals surface area contributed by atoms with E-state index in [0.717, 1.165) is 10.7 Å². The monoisotopic (exact) mass is 232 g/mol. The first-order valence-electron chi connectivity index (χ1n) is 4.69. The van der Waals surface area contributed by atoms with E-state index >= 15 is 0 Å². The zero-order valence-electron chi connectivity index (χ0n) is 8.24. The van der Waals surface area contributed by atoms with Gasteiger partial charge in [-0.1, -0.05) is 0 Å². The summed E-state index contributed by atoms with van der Waals surface area (Å²) in [6.07, 6.45) is 3.54. The van der Waals surface area contributed by atoms with E-state index < -0.39 is 0 Å². The van der Waals surface area contributed by atoms with Crippen LogP contribution in [-0.2, 0) is 6.54 Å². The van der Waals surface area contributed by atoms with Crippen LogP contribution in [0.1, 0.15) is 5.01 Å². The smallest absolute Gasteiger partial charge is 0.255 e. The third kappa shape index (κ3) is 1.37. The molecule has 3 rings (SSSR count). The fraction of sp³-hybridized carbons (Fsp3) is 0.111. The van der Waals surface area contributed by atoms with E-state index in [9.17, 15) is 0 Å². The van der Waals surface area contributed by atoms with Crippen molar-refractivity contribution in [2.24, 2.45) is 5.73 Å². The third-order valence-corrected chi connectivity index (χ3v) is 3.02. The van der Waals surface area contributed by atoms with Gasteiger partial charge in [0.05, 0.1) is 0 Å². The molecule has 16 heavy (non-hydrogen) atoms. The Morgan fingerprint density at radius 1 is 1.38 bits per heavy atom. The second-order valence-corrected chi connectivity index (χ2v) is 4.09. The first-order valence-corrected chi connectivity index (χ1v) is 5.57. The lowest BCUT2D eigenvalue weighted by molar-refractivity contribution is 1.02. The molecule has 3 aromatic heterocycles. The predicted octanol–water partition coefficient (Wildman–Crippen LogP) is 0.706. The van der Waals surface area contributed by atoms with Crippen molar-refractivity contribution in [3.05, 3.63) is 28.8 Å². The maximum Gasteiger partial charge on any atom is 0.255 e. The highest BCUT2D eigenvalue weighted by Gasteiger charge is 2.11. The minimum atomic E-state index is 0.444. The van der Waals surface area contributed by atoms with Crippen LogP contribution in [0.4, 0.5) is 0 Å². The summed E-state index contributed by atoms with van der Waals surface area (Å²) >= 11 is 1.52. The maximum absolute atomic E-state index is 5.52. The number of fused-ring (bicyclic) bond motifs is 1. The predicted molar refractivity (Wildman–Crippen MR) is 59.8 cm³/mol. The van der Waals surface area contributed by atoms with Gasteiger partial charge in [0.15, 0.2) is 5.82 Å². The number of rotatable bonds is 2. The molecule has 0 unspecified atom stereocenters. The zero-order chi connectivity index (χ0) is 11.0. The second kappa shape index (κ2) is 3.62. The lowest BCUT2D eigenvalue weighted by Gasteiger charge is -1.93. The summed E-state index contributed by atoms with van der Waals surface area (Å²) in [5.74, 6) is 1.26. The van der Waals surface area contributed by atoms with Crippen LogP contribution in [-0.4, -0.2) is 24.6 Å². The highest BCUT2D eigenvalue weighted by Crippen LogP contribution is 2.19. The molecule has 7 heteroatoms. The average Bonchev–Trinajstić information content (AvgIpc) is 2.94. The van der Waals surface area contributed by atoms with E-state index in [4.69, 9.17) is 5.73 Å². The van der Waals surface area contributed by atoms with E-state index in [1.54, 1.807) is 10.6 Å². The van der Waals surface area contributed by atoms with Crippen LogP contribution in [0, 0.1) is 0 Å². The molecular formula is C9H8N6S. The van der Waals surface area contributed by atoms with Crippen molar-refractivity contribution in [1.82, 2.24) is 24.6 Å². The fourth-order valence-electron chi connectivity index (χ4n) is 1.42. The number of aromatic nitrogens is 5. The van der Waals surface area contributed by atoms with E-state index in [2.05, 4.69) is 20.2 Å². The molecule has 0 aliphatic heterocycles. The molecule has 0 bridgehead atoms. The van der Waals surface area contributed by atoms with E-state index in [1.807, 2.05) is 17.6 Å². The summed E-state index contributed by atoms with van der Waals surface area (Å²) in [6, 6.07) is 1.83. The average molecular weight is 232 g/mol. The van der Waals surface area contributed by atoms with Crippen LogP contribution in [0.2, 0.25) is 0 Å². The zero-order valence-corrected chi connectivity index (χ0v) is 9.05. The number of hydrogen-bond acceptors (Lipinski definition) is 6. The molecule has 3 heterocycles. The number of hydrogen-bond donors (Lipinski definition) is 1. The minimum Gasteiger partial charge on any atom is -0.325 e. The van der Waals surface area contributed by atoms with Crippen molar-refractivity contribution >= 4 is 17.1 Å². The lowest BCUT2D eigenvalue weighted by atomic mass is 10.4. The van der Waals surface area contributed by atoms with Crippen molar-refractivity contribution in [3.63, 3.8) is 0 Å². The standard InChI is InChI=1S/C9H8N6S/c10-4-7-12-6(5-16-7)8-13-14-9-11-2-1-3-15(8)9/h1-3,5H,4,10H2. The summed E-state index contributed by atoms with van der Waals surface area (Å²) < 4.78 is 1.80. The van der Waals surface area contributed by atoms with Gasteiger partial charge in [0.1, 0.15) is 10.7 Å². The highest BCUT2D eigenvalue weighted by atomic mass is 32.1. The van der Waals surface area contributed by atoms with E-state index in [1.165, 1.54) is 11.3 Å². The molecule has 0 saturated carbocycles. The van der Waals surface area contributed by atoms with Gasteiger partial charge in [0.2, 0.25) is 0 Å². The van der Waals surface area contributed by atoms with Gasteiger partial charge < -0.3 is 5.73 Å². The molecule has 0 aromatic carbocycles. The fourth-order valence-corrected chi connectivity index (χ4v) is 2.08. The van der Waals surface area contributed by atoms with Crippen LogP contribution >= 0.6 is 11.3 Å². The summed E-state index contributed by atoms with van der Waals surface area (Å²) in [4.78, 5) is 8.46. The summed E-state index contributed by atoms with van der Waals surface area (Å²) in [6.45, 7) is 0.444. The molecule has 0 saturated heterocycles. The van der Waals surface area contributed by atoms with Crippen molar-refractivity contribution in [3.8, 4) is 11.5 Å². The Labute approximate surface area is 94.8 Å². The topological polar surface area (TPSA) is 82.0 Å². The van der Waals surface area contributed by atoms with Gasteiger partial charge in [-0.2, -0.15) is 0 Å². The van der Waals surface area contributed by atoms with Crippen LogP contribution in [0.5, 0.6) is 0 Å². The summed E-state index contributed by atoms with van der Waals surface area (Å²) in [5.41, 5.74) is 6.31. The number of nitrogens with two attached hydrogens (primary N) is 1. The third-order valence-electron chi connectivity index (χ3n) is 2.14. The number of thiazole rings is 1. The lowest BCUT2D eigenvalue weighted by Crippen LogP contribution is -1.95. The number of nitrogens with zero attached hydrogens (tertiary/aromatic N) is 5. The van der Waals surface area contributed by atoms with E-state index in [-0.39, 0.29) is 0 Å². The molecular weight excluding hydrogens is 224 g/mol. The Kier molecular flexibility index (Phi) is 2.12. The van der Waals surface area contributed by atoms with Gasteiger partial charge >= 0.3 is 0 Å². The highest BCUT2D eigenvalue weighted by molar-refractivity contribution is 7.09. The molecule has 6 nitrogen and oxygen atoms in total. The Hall–Kier alpha value is -1.86. The van der Waals surface area contributed by atoms with Crippen molar-refractivity contribution in [2.75, 3.05) is 0 Å². The Bertz CT molecular complexity index is 628. The molecule has 2 N–H and O–H groups in total. The molecule has 80 valence electrons. The minimum absolute atomic E-state index is 0.444. The van der Waals surface area contributed by atoms with Gasteiger partial charge in [-0.25, -0.2) is 9.97 Å². The Balaban J connectivity index is 2.18. The van der Waals surface area contributed by atoms with Crippen LogP contribution < -0.4 is 5.73 Å². The molecule has 0 fully saturated rings. The summed E-state index contributed by atoms with van der Waals surface area (Å²) in [7, 11) is 0. The van der Waals surface area contributed by atoms with Gasteiger partial charge in [0, 0.05) is 24.3 Å². The summed E-state index contributed by atoms with van der Waals surface area (Å²) in [5, 5.41) is 10.8. The molecule has 0 atom stereocenters. The van der Waals surface area contributed by atoms with Crippen molar-refractivity contribution in [1.29, 1.82) is 0 Å². The van der Waals surface area contributed by atoms with Crippen molar-refractivity contribution in [2.45, 2.75) is 6.54 Å². The Morgan fingerprint density at radius 2 is 2.31 bits per heavy atom. The Morgan fingerprint density at radius 3 is 3.12 bits per heavy atom. The van der Waals surface area contributed by atoms with Gasteiger partial charge in [0.25, 0.3) is 5.78 Å². The van der Waals surface area contributed by atoms with Crippen LogP contribution in [0.25, 0.3) is 17.3 Å². The molecule has 0 aliphatic carbocycles. The van der Waals surface area contributed by atoms with Gasteiger partial charge in [-0.15, -0.1) is 21.5 Å².